The van der Waals surface area contributed by atoms with Crippen LogP contribution >= 0.6 is 0 Å². The van der Waals surface area contributed by atoms with E-state index in [0.29, 0.717) is 19.6 Å². The summed E-state index contributed by atoms with van der Waals surface area (Å²) in [5.74, 6) is -0.104. The predicted molar refractivity (Wildman–Crippen MR) is 70.6 cm³/mol. The van der Waals surface area contributed by atoms with E-state index in [0.717, 1.165) is 5.69 Å². The molecule has 1 aromatic rings. The Morgan fingerprint density at radius 1 is 1.26 bits per heavy atom. The molecule has 104 valence electrons. The molecule has 1 rings (SSSR count). The number of hydrogen-bond acceptors (Lipinski definition) is 4. The lowest BCUT2D eigenvalue weighted by Gasteiger charge is -2.06. The Morgan fingerprint density at radius 2 is 2.11 bits per heavy atom. The SMILES string of the molecule is CCOC(=O)NCCC(=O)NCCc1ccccn1. The van der Waals surface area contributed by atoms with Gasteiger partial charge in [-0.25, -0.2) is 4.79 Å². The summed E-state index contributed by atoms with van der Waals surface area (Å²) in [5.41, 5.74) is 0.937. The molecule has 6 heteroatoms. The van der Waals surface area contributed by atoms with Crippen molar-refractivity contribution in [3.05, 3.63) is 30.1 Å². The van der Waals surface area contributed by atoms with Crippen LogP contribution in [-0.4, -0.2) is 36.7 Å². The molecule has 6 nitrogen and oxygen atoms in total. The number of carbonyl (C=O) groups excluding carboxylic acids is 2. The van der Waals surface area contributed by atoms with Gasteiger partial charge in [-0.15, -0.1) is 0 Å². The van der Waals surface area contributed by atoms with E-state index < -0.39 is 6.09 Å². The molecule has 1 aromatic heterocycles. The van der Waals surface area contributed by atoms with Crippen LogP contribution in [-0.2, 0) is 16.0 Å². The number of amides is 2. The number of carbonyl (C=O) groups is 2. The van der Waals surface area contributed by atoms with E-state index in [2.05, 4.69) is 20.4 Å². The van der Waals surface area contributed by atoms with Gasteiger partial charge in [-0.05, 0) is 19.1 Å². The maximum absolute atomic E-state index is 11.4. The summed E-state index contributed by atoms with van der Waals surface area (Å²) in [5, 5.41) is 5.25. The molecule has 0 saturated heterocycles. The van der Waals surface area contributed by atoms with Crippen LogP contribution in [0.4, 0.5) is 4.79 Å². The smallest absolute Gasteiger partial charge is 0.407 e. The van der Waals surface area contributed by atoms with Gasteiger partial charge in [0.15, 0.2) is 0 Å². The van der Waals surface area contributed by atoms with Crippen molar-refractivity contribution in [2.75, 3.05) is 19.7 Å². The summed E-state index contributed by atoms with van der Waals surface area (Å²) in [6.45, 7) is 2.86. The summed E-state index contributed by atoms with van der Waals surface area (Å²) in [6, 6.07) is 5.67. The number of aromatic nitrogens is 1. The zero-order valence-corrected chi connectivity index (χ0v) is 11.0. The van der Waals surface area contributed by atoms with Gasteiger partial charge in [0.2, 0.25) is 5.91 Å². The van der Waals surface area contributed by atoms with Crippen molar-refractivity contribution in [2.45, 2.75) is 19.8 Å². The summed E-state index contributed by atoms with van der Waals surface area (Å²) < 4.78 is 4.67. The molecule has 0 atom stereocenters. The number of nitrogens with one attached hydrogen (secondary N) is 2. The minimum absolute atomic E-state index is 0.104. The van der Waals surface area contributed by atoms with Crippen LogP contribution < -0.4 is 10.6 Å². The first-order valence-corrected chi connectivity index (χ1v) is 6.29. The number of alkyl carbamates (subject to hydrolysis) is 1. The molecule has 0 spiro atoms. The maximum Gasteiger partial charge on any atom is 0.407 e. The first-order chi connectivity index (χ1) is 9.22. The second kappa shape index (κ2) is 8.91. The first-order valence-electron chi connectivity index (χ1n) is 6.29. The highest BCUT2D eigenvalue weighted by Crippen LogP contribution is 1.93. The fourth-order valence-electron chi connectivity index (χ4n) is 1.42. The molecule has 0 saturated carbocycles. The van der Waals surface area contributed by atoms with Gasteiger partial charge in [0.1, 0.15) is 0 Å². The largest absolute Gasteiger partial charge is 0.450 e. The van der Waals surface area contributed by atoms with E-state index >= 15 is 0 Å². The molecule has 19 heavy (non-hydrogen) atoms. The summed E-state index contributed by atoms with van der Waals surface area (Å²) in [7, 11) is 0. The van der Waals surface area contributed by atoms with Gasteiger partial charge < -0.3 is 15.4 Å². The van der Waals surface area contributed by atoms with Crippen molar-refractivity contribution in [3.63, 3.8) is 0 Å². The van der Waals surface area contributed by atoms with E-state index in [1.807, 2.05) is 18.2 Å². The van der Waals surface area contributed by atoms with E-state index in [-0.39, 0.29) is 18.9 Å². The van der Waals surface area contributed by atoms with Crippen LogP contribution in [0.1, 0.15) is 19.0 Å². The van der Waals surface area contributed by atoms with E-state index in [4.69, 9.17) is 0 Å². The Hall–Kier alpha value is -2.11. The minimum atomic E-state index is -0.496. The number of nitrogens with zero attached hydrogens (tertiary/aromatic N) is 1. The van der Waals surface area contributed by atoms with Gasteiger partial charge in [-0.3, -0.25) is 9.78 Å². The second-order valence-electron chi connectivity index (χ2n) is 3.82. The van der Waals surface area contributed by atoms with Crippen molar-refractivity contribution in [3.8, 4) is 0 Å². The van der Waals surface area contributed by atoms with Crippen molar-refractivity contribution in [2.24, 2.45) is 0 Å². The topological polar surface area (TPSA) is 80.3 Å². The third kappa shape index (κ3) is 7.03. The molecular formula is C13H19N3O3. The van der Waals surface area contributed by atoms with Crippen LogP contribution in [0.3, 0.4) is 0 Å². The number of pyridine rings is 1. The van der Waals surface area contributed by atoms with Crippen LogP contribution in [0, 0.1) is 0 Å². The van der Waals surface area contributed by atoms with E-state index in [9.17, 15) is 9.59 Å². The summed E-state index contributed by atoms with van der Waals surface area (Å²) >= 11 is 0. The third-order valence-corrected chi connectivity index (χ3v) is 2.33. The molecule has 0 aliphatic carbocycles. The molecule has 0 aliphatic heterocycles. The number of ether oxygens (including phenoxy) is 1. The second-order valence-corrected chi connectivity index (χ2v) is 3.82. The van der Waals surface area contributed by atoms with Gasteiger partial charge in [0.25, 0.3) is 0 Å². The Bertz CT molecular complexity index is 395. The highest BCUT2D eigenvalue weighted by atomic mass is 16.5. The molecule has 0 aromatic carbocycles. The molecule has 0 aliphatic rings. The molecule has 0 fully saturated rings. The van der Waals surface area contributed by atoms with Crippen molar-refractivity contribution < 1.29 is 14.3 Å². The van der Waals surface area contributed by atoms with Gasteiger partial charge in [-0.2, -0.15) is 0 Å². The number of rotatable bonds is 7. The highest BCUT2D eigenvalue weighted by Gasteiger charge is 2.03. The Balaban J connectivity index is 2.07. The van der Waals surface area contributed by atoms with Crippen molar-refractivity contribution >= 4 is 12.0 Å². The van der Waals surface area contributed by atoms with Gasteiger partial charge in [0, 0.05) is 37.8 Å². The highest BCUT2D eigenvalue weighted by molar-refractivity contribution is 5.76. The summed E-state index contributed by atoms with van der Waals surface area (Å²) in [6.07, 6.45) is 2.16. The maximum atomic E-state index is 11.4. The third-order valence-electron chi connectivity index (χ3n) is 2.33. The lowest BCUT2D eigenvalue weighted by molar-refractivity contribution is -0.120. The Labute approximate surface area is 112 Å². The average molecular weight is 265 g/mol. The van der Waals surface area contributed by atoms with Gasteiger partial charge in [0.05, 0.1) is 6.61 Å². The molecule has 0 bridgehead atoms. The molecule has 2 N–H and O–H groups in total. The normalized spacial score (nSPS) is 9.74. The fraction of sp³-hybridized carbons (Fsp3) is 0.462. The Morgan fingerprint density at radius 3 is 2.79 bits per heavy atom. The molecule has 0 radical (unpaired) electrons. The van der Waals surface area contributed by atoms with E-state index in [1.165, 1.54) is 0 Å². The quantitative estimate of drug-likeness (QED) is 0.767. The van der Waals surface area contributed by atoms with Gasteiger partial charge in [-0.1, -0.05) is 6.07 Å². The monoisotopic (exact) mass is 265 g/mol. The van der Waals surface area contributed by atoms with Crippen molar-refractivity contribution in [1.82, 2.24) is 15.6 Å². The molecular weight excluding hydrogens is 246 g/mol. The lowest BCUT2D eigenvalue weighted by Crippen LogP contribution is -2.32. The zero-order valence-electron chi connectivity index (χ0n) is 11.0. The fourth-order valence-corrected chi connectivity index (χ4v) is 1.42. The molecule has 2 amide bonds. The standard InChI is InChI=1S/C13H19N3O3/c1-2-19-13(18)16-10-7-12(17)15-9-6-11-5-3-4-8-14-11/h3-5,8H,2,6-7,9-10H2,1H3,(H,15,17)(H,16,18). The first kappa shape index (κ1) is 14.9. The van der Waals surface area contributed by atoms with Crippen LogP contribution in [0.2, 0.25) is 0 Å². The predicted octanol–water partition coefficient (Wildman–Crippen LogP) is 0.876. The van der Waals surface area contributed by atoms with E-state index in [1.54, 1.807) is 13.1 Å². The Kier molecular flexibility index (Phi) is 7.01. The lowest BCUT2D eigenvalue weighted by atomic mass is 10.2. The zero-order chi connectivity index (χ0) is 13.9. The minimum Gasteiger partial charge on any atom is -0.450 e. The van der Waals surface area contributed by atoms with Crippen LogP contribution in [0.5, 0.6) is 0 Å². The molecule has 0 unspecified atom stereocenters. The van der Waals surface area contributed by atoms with Crippen LogP contribution in [0.25, 0.3) is 0 Å². The summed E-state index contributed by atoms with van der Waals surface area (Å²) in [4.78, 5) is 26.6. The van der Waals surface area contributed by atoms with Crippen molar-refractivity contribution in [1.29, 1.82) is 0 Å². The number of hydrogen-bond donors (Lipinski definition) is 2. The van der Waals surface area contributed by atoms with Gasteiger partial charge >= 0.3 is 6.09 Å². The molecule has 1 heterocycles. The van der Waals surface area contributed by atoms with Crippen LogP contribution in [0.15, 0.2) is 24.4 Å². The average Bonchev–Trinajstić information content (AvgIpc) is 2.40.